The van der Waals surface area contributed by atoms with Gasteiger partial charge in [-0.2, -0.15) is 0 Å². The lowest BCUT2D eigenvalue weighted by atomic mass is 10.2. The third kappa shape index (κ3) is 3.84. The first-order valence-electron chi connectivity index (χ1n) is 8.63. The van der Waals surface area contributed by atoms with Crippen LogP contribution in [0.2, 0.25) is 5.02 Å². The minimum Gasteiger partial charge on any atom is -0.310 e. The zero-order chi connectivity index (χ0) is 19.0. The number of fused-ring (bicyclic) bond motifs is 1. The molecule has 0 bridgehead atoms. The molecule has 0 radical (unpaired) electrons. The molecule has 2 heterocycles. The summed E-state index contributed by atoms with van der Waals surface area (Å²) < 4.78 is 1.73. The number of carbonyl (C=O) groups is 1. The van der Waals surface area contributed by atoms with Crippen molar-refractivity contribution < 1.29 is 4.79 Å². The first-order chi connectivity index (χ1) is 13.0. The summed E-state index contributed by atoms with van der Waals surface area (Å²) in [7, 11) is 0. The number of aromatic nitrogens is 3. The van der Waals surface area contributed by atoms with Gasteiger partial charge in [0, 0.05) is 12.2 Å². The fraction of sp³-hybridized carbons (Fsp3) is 0.263. The zero-order valence-corrected chi connectivity index (χ0v) is 16.1. The standard InChI is InChI=1S/C19H17ClN4O2S/c1-11(17(25)23-16-9-6-12(20)10-21-16)27-19-22-15-5-3-2-4-14(15)18(26)24(19)13-7-8-13/h2-6,9-11,13H,7-8H2,1H3,(H,21,23,25)/t11-/m0/s1. The average Bonchev–Trinajstić information content (AvgIpc) is 3.48. The summed E-state index contributed by atoms with van der Waals surface area (Å²) in [5.41, 5.74) is 0.603. The molecule has 6 nitrogen and oxygen atoms in total. The molecule has 1 amide bonds. The lowest BCUT2D eigenvalue weighted by Gasteiger charge is -2.16. The summed E-state index contributed by atoms with van der Waals surface area (Å²) >= 11 is 7.10. The minimum absolute atomic E-state index is 0.0439. The third-order valence-electron chi connectivity index (χ3n) is 4.32. The Balaban J connectivity index is 1.60. The first kappa shape index (κ1) is 18.0. The Morgan fingerprint density at radius 3 is 2.78 bits per heavy atom. The van der Waals surface area contributed by atoms with Crippen LogP contribution in [0.4, 0.5) is 5.82 Å². The second-order valence-corrected chi connectivity index (χ2v) is 8.17. The Kier molecular flexibility index (Phi) is 4.88. The van der Waals surface area contributed by atoms with E-state index in [9.17, 15) is 9.59 Å². The fourth-order valence-corrected chi connectivity index (χ4v) is 3.84. The number of rotatable bonds is 5. The first-order valence-corrected chi connectivity index (χ1v) is 9.89. The number of amides is 1. The molecule has 0 aliphatic heterocycles. The maximum atomic E-state index is 12.9. The summed E-state index contributed by atoms with van der Waals surface area (Å²) in [4.78, 5) is 34.1. The van der Waals surface area contributed by atoms with Crippen molar-refractivity contribution in [1.29, 1.82) is 0 Å². The van der Waals surface area contributed by atoms with E-state index in [1.165, 1.54) is 18.0 Å². The van der Waals surface area contributed by atoms with Crippen molar-refractivity contribution >= 4 is 46.0 Å². The Bertz CT molecular complexity index is 1060. The predicted octanol–water partition coefficient (Wildman–Crippen LogP) is 3.90. The molecule has 1 aliphatic carbocycles. The fourth-order valence-electron chi connectivity index (χ4n) is 2.75. The highest BCUT2D eigenvalue weighted by Crippen LogP contribution is 2.37. The van der Waals surface area contributed by atoms with E-state index in [0.29, 0.717) is 26.9 Å². The normalized spacial score (nSPS) is 14.9. The van der Waals surface area contributed by atoms with Crippen LogP contribution in [0.1, 0.15) is 25.8 Å². The number of halogens is 1. The van der Waals surface area contributed by atoms with Crippen LogP contribution in [0.25, 0.3) is 10.9 Å². The number of pyridine rings is 1. The number of carbonyl (C=O) groups excluding carboxylic acids is 1. The van der Waals surface area contributed by atoms with Gasteiger partial charge < -0.3 is 5.32 Å². The van der Waals surface area contributed by atoms with E-state index in [-0.39, 0.29) is 17.5 Å². The average molecular weight is 401 g/mol. The molecule has 1 atom stereocenters. The largest absolute Gasteiger partial charge is 0.310 e. The quantitative estimate of drug-likeness (QED) is 0.519. The monoisotopic (exact) mass is 400 g/mol. The number of anilines is 1. The lowest BCUT2D eigenvalue weighted by Crippen LogP contribution is -2.26. The number of hydrogen-bond donors (Lipinski definition) is 1. The second-order valence-electron chi connectivity index (χ2n) is 6.43. The van der Waals surface area contributed by atoms with Gasteiger partial charge in [0.2, 0.25) is 5.91 Å². The molecule has 1 aliphatic rings. The second kappa shape index (κ2) is 7.32. The van der Waals surface area contributed by atoms with Crippen LogP contribution in [0.5, 0.6) is 0 Å². The van der Waals surface area contributed by atoms with Gasteiger partial charge in [0.25, 0.3) is 5.56 Å². The van der Waals surface area contributed by atoms with Crippen molar-refractivity contribution in [2.75, 3.05) is 5.32 Å². The number of benzene rings is 1. The molecule has 138 valence electrons. The number of para-hydroxylation sites is 1. The Labute approximate surface area is 165 Å². The van der Waals surface area contributed by atoms with Crippen molar-refractivity contribution in [3.8, 4) is 0 Å². The molecular weight excluding hydrogens is 384 g/mol. The topological polar surface area (TPSA) is 76.9 Å². The molecular formula is C19H17ClN4O2S. The Hall–Kier alpha value is -2.38. The highest BCUT2D eigenvalue weighted by molar-refractivity contribution is 8.00. The Morgan fingerprint density at radius 1 is 1.30 bits per heavy atom. The molecule has 1 aromatic carbocycles. The SMILES string of the molecule is C[C@H](Sc1nc2ccccc2c(=O)n1C1CC1)C(=O)Nc1ccc(Cl)cn1. The molecule has 2 aromatic heterocycles. The van der Waals surface area contributed by atoms with Crippen LogP contribution >= 0.6 is 23.4 Å². The van der Waals surface area contributed by atoms with E-state index < -0.39 is 5.25 Å². The molecule has 27 heavy (non-hydrogen) atoms. The van der Waals surface area contributed by atoms with Gasteiger partial charge in [0.15, 0.2) is 5.16 Å². The van der Waals surface area contributed by atoms with Crippen LogP contribution in [0.3, 0.4) is 0 Å². The Morgan fingerprint density at radius 2 is 2.07 bits per heavy atom. The summed E-state index contributed by atoms with van der Waals surface area (Å²) in [6.07, 6.45) is 3.40. The van der Waals surface area contributed by atoms with Crippen LogP contribution in [-0.2, 0) is 4.79 Å². The number of nitrogens with one attached hydrogen (secondary N) is 1. The molecule has 4 rings (SSSR count). The van der Waals surface area contributed by atoms with Crippen molar-refractivity contribution in [2.24, 2.45) is 0 Å². The van der Waals surface area contributed by atoms with Crippen LogP contribution in [0.15, 0.2) is 52.5 Å². The van der Waals surface area contributed by atoms with Gasteiger partial charge in [-0.3, -0.25) is 14.2 Å². The smallest absolute Gasteiger partial charge is 0.262 e. The van der Waals surface area contributed by atoms with E-state index in [4.69, 9.17) is 11.6 Å². The van der Waals surface area contributed by atoms with Crippen LogP contribution in [-0.4, -0.2) is 25.7 Å². The maximum absolute atomic E-state index is 12.9. The highest BCUT2D eigenvalue weighted by Gasteiger charge is 2.30. The predicted molar refractivity (Wildman–Crippen MR) is 107 cm³/mol. The van der Waals surface area contributed by atoms with Crippen molar-refractivity contribution in [3.05, 3.63) is 58.0 Å². The molecule has 3 aromatic rings. The van der Waals surface area contributed by atoms with Crippen molar-refractivity contribution in [2.45, 2.75) is 36.2 Å². The third-order valence-corrected chi connectivity index (χ3v) is 5.61. The van der Waals surface area contributed by atoms with Gasteiger partial charge in [0.1, 0.15) is 5.82 Å². The van der Waals surface area contributed by atoms with Crippen LogP contribution in [0, 0.1) is 0 Å². The summed E-state index contributed by atoms with van der Waals surface area (Å²) in [5.74, 6) is 0.225. The highest BCUT2D eigenvalue weighted by atomic mass is 35.5. The van der Waals surface area contributed by atoms with Gasteiger partial charge in [-0.25, -0.2) is 9.97 Å². The maximum Gasteiger partial charge on any atom is 0.262 e. The van der Waals surface area contributed by atoms with E-state index in [2.05, 4.69) is 15.3 Å². The summed E-state index contributed by atoms with van der Waals surface area (Å²) in [6, 6.07) is 10.8. The zero-order valence-electron chi connectivity index (χ0n) is 14.6. The molecule has 8 heteroatoms. The minimum atomic E-state index is -0.444. The molecule has 0 unspecified atom stereocenters. The van der Waals surface area contributed by atoms with E-state index in [0.717, 1.165) is 12.8 Å². The summed E-state index contributed by atoms with van der Waals surface area (Å²) in [5, 5.41) is 4.00. The van der Waals surface area contributed by atoms with Gasteiger partial charge in [-0.1, -0.05) is 35.5 Å². The van der Waals surface area contributed by atoms with Gasteiger partial charge in [-0.15, -0.1) is 0 Å². The summed E-state index contributed by atoms with van der Waals surface area (Å²) in [6.45, 7) is 1.79. The molecule has 1 fully saturated rings. The van der Waals surface area contributed by atoms with E-state index in [1.807, 2.05) is 18.2 Å². The van der Waals surface area contributed by atoms with Crippen molar-refractivity contribution in [1.82, 2.24) is 14.5 Å². The van der Waals surface area contributed by atoms with E-state index in [1.54, 1.807) is 29.7 Å². The van der Waals surface area contributed by atoms with Gasteiger partial charge in [0.05, 0.1) is 21.2 Å². The van der Waals surface area contributed by atoms with E-state index >= 15 is 0 Å². The molecule has 1 N–H and O–H groups in total. The number of hydrogen-bond acceptors (Lipinski definition) is 5. The van der Waals surface area contributed by atoms with Gasteiger partial charge >= 0.3 is 0 Å². The molecule has 0 spiro atoms. The number of nitrogens with zero attached hydrogens (tertiary/aromatic N) is 3. The van der Waals surface area contributed by atoms with Crippen molar-refractivity contribution in [3.63, 3.8) is 0 Å². The van der Waals surface area contributed by atoms with Gasteiger partial charge in [-0.05, 0) is 44.0 Å². The van der Waals surface area contributed by atoms with Crippen LogP contribution < -0.4 is 10.9 Å². The molecule has 0 saturated heterocycles. The number of thioether (sulfide) groups is 1. The lowest BCUT2D eigenvalue weighted by molar-refractivity contribution is -0.115. The molecule has 1 saturated carbocycles.